The molecule has 0 aliphatic carbocycles. The zero-order valence-corrected chi connectivity index (χ0v) is 16.6. The smallest absolute Gasteiger partial charge is 0.243 e. The van der Waals surface area contributed by atoms with E-state index >= 15 is 0 Å². The lowest BCUT2D eigenvalue weighted by molar-refractivity contribution is 0.384. The predicted molar refractivity (Wildman–Crippen MR) is 105 cm³/mol. The molecule has 0 atom stereocenters. The van der Waals surface area contributed by atoms with E-state index in [4.69, 9.17) is 4.74 Å². The number of para-hydroxylation sites is 1. The minimum absolute atomic E-state index is 0.375. The van der Waals surface area contributed by atoms with Gasteiger partial charge < -0.3 is 9.64 Å². The van der Waals surface area contributed by atoms with Crippen LogP contribution in [-0.2, 0) is 10.0 Å². The molecular weight excluding hydrogens is 348 g/mol. The number of aryl methyl sites for hydroxylation is 1. The molecule has 0 spiro atoms. The standard InChI is InChI=1S/C20H26N2O3S/c1-15-7-5-6-8-18(15)21-11-13-22(14-12-21)26(23,24)20-10-9-19(25-4)16(2)17(20)3/h5-10H,11-14H2,1-4H3. The largest absolute Gasteiger partial charge is 0.496 e. The number of methoxy groups -OCH3 is 1. The van der Waals surface area contributed by atoms with Crippen molar-refractivity contribution in [2.45, 2.75) is 25.7 Å². The molecule has 1 heterocycles. The highest BCUT2D eigenvalue weighted by atomic mass is 32.2. The maximum Gasteiger partial charge on any atom is 0.243 e. The molecule has 5 nitrogen and oxygen atoms in total. The van der Waals surface area contributed by atoms with Gasteiger partial charge >= 0.3 is 0 Å². The fourth-order valence-electron chi connectivity index (χ4n) is 3.50. The topological polar surface area (TPSA) is 49.9 Å². The van der Waals surface area contributed by atoms with Crippen molar-refractivity contribution in [1.82, 2.24) is 4.31 Å². The van der Waals surface area contributed by atoms with Gasteiger partial charge in [-0.25, -0.2) is 8.42 Å². The third-order valence-electron chi connectivity index (χ3n) is 5.22. The van der Waals surface area contributed by atoms with Crippen LogP contribution in [0.1, 0.15) is 16.7 Å². The Labute approximate surface area is 156 Å². The zero-order valence-electron chi connectivity index (χ0n) is 15.8. The summed E-state index contributed by atoms with van der Waals surface area (Å²) < 4.78 is 33.2. The number of benzene rings is 2. The number of ether oxygens (including phenoxy) is 1. The van der Waals surface area contributed by atoms with E-state index in [1.54, 1.807) is 23.5 Å². The number of piperazine rings is 1. The first-order chi connectivity index (χ1) is 12.4. The Morgan fingerprint density at radius 3 is 2.15 bits per heavy atom. The fourth-order valence-corrected chi connectivity index (χ4v) is 5.20. The third-order valence-corrected chi connectivity index (χ3v) is 7.26. The Hall–Kier alpha value is -2.05. The van der Waals surface area contributed by atoms with Crippen molar-refractivity contribution in [1.29, 1.82) is 0 Å². The van der Waals surface area contributed by atoms with Gasteiger partial charge in [0.1, 0.15) is 5.75 Å². The molecule has 0 saturated carbocycles. The van der Waals surface area contributed by atoms with Gasteiger partial charge in [0.2, 0.25) is 10.0 Å². The van der Waals surface area contributed by atoms with Crippen molar-refractivity contribution in [2.75, 3.05) is 38.2 Å². The molecule has 0 amide bonds. The summed E-state index contributed by atoms with van der Waals surface area (Å²) in [5.74, 6) is 0.714. The molecule has 0 unspecified atom stereocenters. The van der Waals surface area contributed by atoms with Gasteiger partial charge in [0, 0.05) is 31.9 Å². The van der Waals surface area contributed by atoms with Crippen molar-refractivity contribution < 1.29 is 13.2 Å². The molecule has 1 aliphatic heterocycles. The lowest BCUT2D eigenvalue weighted by Gasteiger charge is -2.36. The predicted octanol–water partition coefficient (Wildman–Crippen LogP) is 3.13. The summed E-state index contributed by atoms with van der Waals surface area (Å²) in [5.41, 5.74) is 4.02. The Bertz CT molecular complexity index is 901. The summed E-state index contributed by atoms with van der Waals surface area (Å²) in [6.45, 7) is 8.18. The molecule has 140 valence electrons. The first-order valence-corrected chi connectivity index (χ1v) is 10.2. The van der Waals surface area contributed by atoms with Crippen LogP contribution in [0.2, 0.25) is 0 Å². The van der Waals surface area contributed by atoms with E-state index in [9.17, 15) is 8.42 Å². The molecule has 0 bridgehead atoms. The van der Waals surface area contributed by atoms with Crippen LogP contribution in [0, 0.1) is 20.8 Å². The highest BCUT2D eigenvalue weighted by Gasteiger charge is 2.30. The highest BCUT2D eigenvalue weighted by molar-refractivity contribution is 7.89. The van der Waals surface area contributed by atoms with Gasteiger partial charge in [-0.2, -0.15) is 4.31 Å². The number of sulfonamides is 1. The first-order valence-electron chi connectivity index (χ1n) is 8.81. The van der Waals surface area contributed by atoms with Crippen molar-refractivity contribution in [3.63, 3.8) is 0 Å². The summed E-state index contributed by atoms with van der Waals surface area (Å²) in [5, 5.41) is 0. The van der Waals surface area contributed by atoms with E-state index in [1.165, 1.54) is 11.3 Å². The minimum atomic E-state index is -3.50. The van der Waals surface area contributed by atoms with Gasteiger partial charge in [-0.05, 0) is 55.7 Å². The van der Waals surface area contributed by atoms with Crippen molar-refractivity contribution in [3.05, 3.63) is 53.1 Å². The molecule has 2 aromatic rings. The maximum atomic E-state index is 13.1. The summed E-state index contributed by atoms with van der Waals surface area (Å²) in [6.07, 6.45) is 0. The third kappa shape index (κ3) is 3.31. The monoisotopic (exact) mass is 374 g/mol. The van der Waals surface area contributed by atoms with Gasteiger partial charge in [-0.1, -0.05) is 18.2 Å². The van der Waals surface area contributed by atoms with Gasteiger partial charge in [-0.15, -0.1) is 0 Å². The number of nitrogens with zero attached hydrogens (tertiary/aromatic N) is 2. The zero-order chi connectivity index (χ0) is 18.9. The number of hydrogen-bond donors (Lipinski definition) is 0. The molecule has 0 N–H and O–H groups in total. The van der Waals surface area contributed by atoms with Crippen LogP contribution in [0.4, 0.5) is 5.69 Å². The molecule has 1 aliphatic rings. The molecule has 26 heavy (non-hydrogen) atoms. The molecule has 3 rings (SSSR count). The summed E-state index contributed by atoms with van der Waals surface area (Å²) >= 11 is 0. The second kappa shape index (κ2) is 7.29. The van der Waals surface area contributed by atoms with Gasteiger partial charge in [-0.3, -0.25) is 0 Å². The molecule has 1 fully saturated rings. The van der Waals surface area contributed by atoms with E-state index in [0.29, 0.717) is 36.8 Å². The first kappa shape index (κ1) is 18.7. The second-order valence-corrected chi connectivity index (χ2v) is 8.60. The van der Waals surface area contributed by atoms with Gasteiger partial charge in [0.15, 0.2) is 0 Å². The lowest BCUT2D eigenvalue weighted by Crippen LogP contribution is -2.49. The molecular formula is C20H26N2O3S. The Morgan fingerprint density at radius 2 is 1.54 bits per heavy atom. The number of rotatable bonds is 4. The van der Waals surface area contributed by atoms with Crippen molar-refractivity contribution in [3.8, 4) is 5.75 Å². The van der Waals surface area contributed by atoms with E-state index in [1.807, 2.05) is 26.0 Å². The highest BCUT2D eigenvalue weighted by Crippen LogP contribution is 2.30. The molecule has 6 heteroatoms. The van der Waals surface area contributed by atoms with Crippen LogP contribution in [-0.4, -0.2) is 46.0 Å². The van der Waals surface area contributed by atoms with Crippen LogP contribution < -0.4 is 9.64 Å². The average molecular weight is 375 g/mol. The van der Waals surface area contributed by atoms with E-state index in [2.05, 4.69) is 24.0 Å². The normalized spacial score (nSPS) is 15.9. The fraction of sp³-hybridized carbons (Fsp3) is 0.400. The maximum absolute atomic E-state index is 13.1. The van der Waals surface area contributed by atoms with Gasteiger partial charge in [0.25, 0.3) is 0 Å². The van der Waals surface area contributed by atoms with E-state index in [-0.39, 0.29) is 0 Å². The molecule has 2 aromatic carbocycles. The quantitative estimate of drug-likeness (QED) is 0.825. The van der Waals surface area contributed by atoms with Crippen LogP contribution in [0.15, 0.2) is 41.3 Å². The Kier molecular flexibility index (Phi) is 5.25. The molecule has 0 aromatic heterocycles. The lowest BCUT2D eigenvalue weighted by atomic mass is 10.1. The van der Waals surface area contributed by atoms with Crippen LogP contribution in [0.5, 0.6) is 5.75 Å². The van der Waals surface area contributed by atoms with Crippen LogP contribution in [0.3, 0.4) is 0 Å². The summed E-state index contributed by atoms with van der Waals surface area (Å²) in [7, 11) is -1.91. The van der Waals surface area contributed by atoms with E-state index in [0.717, 1.165) is 11.1 Å². The molecule has 0 radical (unpaired) electrons. The Morgan fingerprint density at radius 1 is 0.885 bits per heavy atom. The minimum Gasteiger partial charge on any atom is -0.496 e. The van der Waals surface area contributed by atoms with Crippen molar-refractivity contribution >= 4 is 15.7 Å². The number of anilines is 1. The van der Waals surface area contributed by atoms with Crippen LogP contribution >= 0.6 is 0 Å². The summed E-state index contributed by atoms with van der Waals surface area (Å²) in [6, 6.07) is 11.6. The Balaban J connectivity index is 1.81. The summed E-state index contributed by atoms with van der Waals surface area (Å²) in [4.78, 5) is 2.63. The average Bonchev–Trinajstić information content (AvgIpc) is 2.64. The second-order valence-electron chi connectivity index (χ2n) is 6.69. The van der Waals surface area contributed by atoms with Crippen molar-refractivity contribution in [2.24, 2.45) is 0 Å². The van der Waals surface area contributed by atoms with Gasteiger partial charge in [0.05, 0.1) is 12.0 Å². The van der Waals surface area contributed by atoms with Crippen LogP contribution in [0.25, 0.3) is 0 Å². The number of hydrogen-bond acceptors (Lipinski definition) is 4. The van der Waals surface area contributed by atoms with E-state index < -0.39 is 10.0 Å². The SMILES string of the molecule is COc1ccc(S(=O)(=O)N2CCN(c3ccccc3C)CC2)c(C)c1C. The molecule has 1 saturated heterocycles.